The third-order valence-electron chi connectivity index (χ3n) is 3.03. The maximum atomic E-state index is 11.8. The molecule has 1 amide bonds. The second-order valence-corrected chi connectivity index (χ2v) is 4.84. The number of rotatable bonds is 2. The molecule has 4 nitrogen and oxygen atoms in total. The Morgan fingerprint density at radius 2 is 2.06 bits per heavy atom. The van der Waals surface area contributed by atoms with Crippen molar-refractivity contribution in [2.45, 2.75) is 31.7 Å². The van der Waals surface area contributed by atoms with Crippen molar-refractivity contribution in [3.8, 4) is 0 Å². The van der Waals surface area contributed by atoms with E-state index in [2.05, 4.69) is 10.5 Å². The van der Waals surface area contributed by atoms with Gasteiger partial charge in [0.25, 0.3) is 5.91 Å². The fourth-order valence-electron chi connectivity index (χ4n) is 1.95. The van der Waals surface area contributed by atoms with Crippen LogP contribution in [0.5, 0.6) is 0 Å². The van der Waals surface area contributed by atoms with Crippen molar-refractivity contribution in [1.29, 1.82) is 0 Å². The number of nitrogens with two attached hydrogens (primary N) is 1. The summed E-state index contributed by atoms with van der Waals surface area (Å²) in [6, 6.07) is 6.66. The summed E-state index contributed by atoms with van der Waals surface area (Å²) in [5, 5.41) is 4.73. The molecule has 1 aliphatic rings. The molecule has 1 fully saturated rings. The predicted molar refractivity (Wildman–Crippen MR) is 72.8 cm³/mol. The first-order valence-electron chi connectivity index (χ1n) is 6.05. The van der Waals surface area contributed by atoms with Crippen LogP contribution in [0.25, 0.3) is 0 Å². The molecule has 18 heavy (non-hydrogen) atoms. The van der Waals surface area contributed by atoms with Crippen molar-refractivity contribution in [3.63, 3.8) is 0 Å². The van der Waals surface area contributed by atoms with Crippen LogP contribution in [0.15, 0.2) is 29.4 Å². The summed E-state index contributed by atoms with van der Waals surface area (Å²) < 4.78 is 0. The number of halogens is 1. The van der Waals surface area contributed by atoms with Gasteiger partial charge in [-0.15, -0.1) is 0 Å². The van der Waals surface area contributed by atoms with Gasteiger partial charge in [-0.3, -0.25) is 4.79 Å². The van der Waals surface area contributed by atoms with Crippen molar-refractivity contribution in [2.24, 2.45) is 10.8 Å². The van der Waals surface area contributed by atoms with Gasteiger partial charge in [0.05, 0.1) is 5.71 Å². The van der Waals surface area contributed by atoms with E-state index in [1.54, 1.807) is 24.3 Å². The van der Waals surface area contributed by atoms with Crippen LogP contribution >= 0.6 is 11.6 Å². The van der Waals surface area contributed by atoms with Crippen molar-refractivity contribution in [1.82, 2.24) is 5.43 Å². The SMILES string of the molecule is NC1CCCC/C1=N/NC(=O)c1ccc(Cl)cc1. The van der Waals surface area contributed by atoms with Gasteiger partial charge >= 0.3 is 0 Å². The predicted octanol–water partition coefficient (Wildman–Crippen LogP) is 2.33. The molecule has 5 heteroatoms. The van der Waals surface area contributed by atoms with Crippen molar-refractivity contribution in [3.05, 3.63) is 34.9 Å². The zero-order valence-electron chi connectivity index (χ0n) is 10.0. The first kappa shape index (κ1) is 13.1. The number of hydrogen-bond donors (Lipinski definition) is 2. The van der Waals surface area contributed by atoms with E-state index in [0.717, 1.165) is 31.4 Å². The zero-order valence-corrected chi connectivity index (χ0v) is 10.8. The molecule has 0 spiro atoms. The molecule has 1 aromatic carbocycles. The van der Waals surface area contributed by atoms with E-state index in [9.17, 15) is 4.79 Å². The number of carbonyl (C=O) groups is 1. The highest BCUT2D eigenvalue weighted by Gasteiger charge is 2.16. The minimum absolute atomic E-state index is 0.0238. The summed E-state index contributed by atoms with van der Waals surface area (Å²) in [5.41, 5.74) is 9.88. The molecule has 0 saturated heterocycles. The van der Waals surface area contributed by atoms with Crippen LogP contribution in [0, 0.1) is 0 Å². The molecule has 96 valence electrons. The number of hydrogen-bond acceptors (Lipinski definition) is 3. The van der Waals surface area contributed by atoms with Crippen molar-refractivity contribution < 1.29 is 4.79 Å². The van der Waals surface area contributed by atoms with Gasteiger partial charge in [0, 0.05) is 16.6 Å². The molecule has 0 radical (unpaired) electrons. The summed E-state index contributed by atoms with van der Waals surface area (Å²) in [6.45, 7) is 0. The van der Waals surface area contributed by atoms with Gasteiger partial charge in [-0.2, -0.15) is 5.10 Å². The normalized spacial score (nSPS) is 21.9. The third kappa shape index (κ3) is 3.31. The van der Waals surface area contributed by atoms with Gasteiger partial charge in [-0.1, -0.05) is 18.0 Å². The molecule has 0 aromatic heterocycles. The van der Waals surface area contributed by atoms with Crippen LogP contribution in [0.2, 0.25) is 5.02 Å². The second-order valence-electron chi connectivity index (χ2n) is 4.40. The third-order valence-corrected chi connectivity index (χ3v) is 3.29. The fourth-order valence-corrected chi connectivity index (χ4v) is 2.08. The van der Waals surface area contributed by atoms with Gasteiger partial charge in [0.1, 0.15) is 0 Å². The summed E-state index contributed by atoms with van der Waals surface area (Å²) in [6.07, 6.45) is 4.02. The molecular weight excluding hydrogens is 250 g/mol. The molecule has 1 unspecified atom stereocenters. The molecule has 1 atom stereocenters. The number of benzene rings is 1. The minimum Gasteiger partial charge on any atom is -0.323 e. The Hall–Kier alpha value is -1.39. The average Bonchev–Trinajstić information content (AvgIpc) is 2.38. The molecule has 0 bridgehead atoms. The summed E-state index contributed by atoms with van der Waals surface area (Å²) >= 11 is 5.76. The molecule has 2 rings (SSSR count). The number of hydrazone groups is 1. The molecular formula is C13H16ClN3O. The number of amides is 1. The highest BCUT2D eigenvalue weighted by Crippen LogP contribution is 2.14. The monoisotopic (exact) mass is 265 g/mol. The molecule has 0 heterocycles. The van der Waals surface area contributed by atoms with E-state index in [-0.39, 0.29) is 11.9 Å². The highest BCUT2D eigenvalue weighted by molar-refractivity contribution is 6.30. The first-order chi connectivity index (χ1) is 8.66. The van der Waals surface area contributed by atoms with Crippen LogP contribution in [-0.2, 0) is 0 Å². The van der Waals surface area contributed by atoms with E-state index < -0.39 is 0 Å². The topological polar surface area (TPSA) is 67.5 Å². The number of carbonyl (C=O) groups excluding carboxylic acids is 1. The van der Waals surface area contributed by atoms with E-state index in [1.807, 2.05) is 0 Å². The van der Waals surface area contributed by atoms with Crippen LogP contribution < -0.4 is 11.2 Å². The molecule has 1 saturated carbocycles. The molecule has 1 aromatic rings. The lowest BCUT2D eigenvalue weighted by molar-refractivity contribution is 0.0954. The lowest BCUT2D eigenvalue weighted by Gasteiger charge is -2.19. The van der Waals surface area contributed by atoms with Gasteiger partial charge in [-0.05, 0) is 43.5 Å². The van der Waals surface area contributed by atoms with Crippen LogP contribution in [0.4, 0.5) is 0 Å². The van der Waals surface area contributed by atoms with Crippen molar-refractivity contribution >= 4 is 23.2 Å². The molecule has 0 aliphatic heterocycles. The zero-order chi connectivity index (χ0) is 13.0. The fraction of sp³-hybridized carbons (Fsp3) is 0.385. The van der Waals surface area contributed by atoms with Crippen LogP contribution in [-0.4, -0.2) is 17.7 Å². The smallest absolute Gasteiger partial charge is 0.271 e. The van der Waals surface area contributed by atoms with E-state index in [1.165, 1.54) is 0 Å². The number of nitrogens with zero attached hydrogens (tertiary/aromatic N) is 1. The lowest BCUT2D eigenvalue weighted by atomic mass is 9.94. The summed E-state index contributed by atoms with van der Waals surface area (Å²) in [4.78, 5) is 11.8. The molecule has 3 N–H and O–H groups in total. The Kier molecular flexibility index (Phi) is 4.33. The quantitative estimate of drug-likeness (QED) is 0.806. The average molecular weight is 266 g/mol. The Bertz CT molecular complexity index is 456. The Labute approximate surface area is 111 Å². The maximum absolute atomic E-state index is 11.8. The van der Waals surface area contributed by atoms with E-state index in [0.29, 0.717) is 10.6 Å². The van der Waals surface area contributed by atoms with Crippen LogP contribution in [0.3, 0.4) is 0 Å². The number of nitrogens with one attached hydrogen (secondary N) is 1. The van der Waals surface area contributed by atoms with E-state index >= 15 is 0 Å². The molecule has 1 aliphatic carbocycles. The second kappa shape index (κ2) is 5.98. The highest BCUT2D eigenvalue weighted by atomic mass is 35.5. The standard InChI is InChI=1S/C13H16ClN3O/c14-10-7-5-9(6-8-10)13(18)17-16-12-4-2-1-3-11(12)15/h5-8,11H,1-4,15H2,(H,17,18)/b16-12-. The van der Waals surface area contributed by atoms with Crippen molar-refractivity contribution in [2.75, 3.05) is 0 Å². The Balaban J connectivity index is 1.99. The Morgan fingerprint density at radius 1 is 1.33 bits per heavy atom. The first-order valence-corrected chi connectivity index (χ1v) is 6.42. The largest absolute Gasteiger partial charge is 0.323 e. The van der Waals surface area contributed by atoms with Gasteiger partial charge in [-0.25, -0.2) is 5.43 Å². The maximum Gasteiger partial charge on any atom is 0.271 e. The summed E-state index contributed by atoms with van der Waals surface area (Å²) in [5.74, 6) is -0.239. The van der Waals surface area contributed by atoms with Gasteiger partial charge in [0.15, 0.2) is 0 Å². The van der Waals surface area contributed by atoms with Gasteiger partial charge < -0.3 is 5.73 Å². The Morgan fingerprint density at radius 3 is 2.72 bits per heavy atom. The minimum atomic E-state index is -0.239. The lowest BCUT2D eigenvalue weighted by Crippen LogP contribution is -2.35. The summed E-state index contributed by atoms with van der Waals surface area (Å²) in [7, 11) is 0. The van der Waals surface area contributed by atoms with Gasteiger partial charge in [0.2, 0.25) is 0 Å². The van der Waals surface area contributed by atoms with Crippen LogP contribution in [0.1, 0.15) is 36.0 Å². The van der Waals surface area contributed by atoms with E-state index in [4.69, 9.17) is 17.3 Å².